The zero-order valence-electron chi connectivity index (χ0n) is 12.5. The summed E-state index contributed by atoms with van der Waals surface area (Å²) in [5.74, 6) is 2.70. The second kappa shape index (κ2) is 6.61. The van der Waals surface area contributed by atoms with Gasteiger partial charge in [-0.1, -0.05) is 22.0 Å². The highest BCUT2D eigenvalue weighted by Gasteiger charge is 2.41. The van der Waals surface area contributed by atoms with Crippen LogP contribution in [0.3, 0.4) is 0 Å². The molecule has 2 heterocycles. The van der Waals surface area contributed by atoms with E-state index < -0.39 is 0 Å². The molecule has 0 saturated carbocycles. The lowest BCUT2D eigenvalue weighted by Crippen LogP contribution is -2.44. The van der Waals surface area contributed by atoms with Crippen molar-refractivity contribution in [2.45, 2.75) is 44.3 Å². The standard InChI is InChI=1S/C17H23BrO2S/c1-12-2-3-14(18)10-15(12)16(19)13-4-7-20-17(11-13)5-8-21-9-6-17/h2-3,10,13,16,19H,4-9,11H2,1H3. The fourth-order valence-electron chi connectivity index (χ4n) is 3.61. The normalized spacial score (nSPS) is 26.7. The summed E-state index contributed by atoms with van der Waals surface area (Å²) in [6.45, 7) is 2.87. The van der Waals surface area contributed by atoms with E-state index in [1.54, 1.807) is 0 Å². The third-order valence-corrected chi connectivity index (χ3v) is 6.42. The average molecular weight is 371 g/mol. The zero-order chi connectivity index (χ0) is 14.9. The summed E-state index contributed by atoms with van der Waals surface area (Å²) in [4.78, 5) is 0. The van der Waals surface area contributed by atoms with E-state index >= 15 is 0 Å². The number of thioether (sulfide) groups is 1. The van der Waals surface area contributed by atoms with Crippen LogP contribution in [0.15, 0.2) is 22.7 Å². The molecule has 21 heavy (non-hydrogen) atoms. The Morgan fingerprint density at radius 2 is 2.14 bits per heavy atom. The summed E-state index contributed by atoms with van der Waals surface area (Å²) in [5.41, 5.74) is 2.27. The van der Waals surface area contributed by atoms with Gasteiger partial charge in [0.25, 0.3) is 0 Å². The quantitative estimate of drug-likeness (QED) is 0.831. The van der Waals surface area contributed by atoms with E-state index in [1.165, 1.54) is 17.1 Å². The molecule has 1 aromatic rings. The van der Waals surface area contributed by atoms with Gasteiger partial charge in [-0.05, 0) is 73.3 Å². The largest absolute Gasteiger partial charge is 0.388 e. The van der Waals surface area contributed by atoms with Crippen molar-refractivity contribution < 1.29 is 9.84 Å². The molecule has 2 aliphatic heterocycles. The van der Waals surface area contributed by atoms with Crippen molar-refractivity contribution in [3.05, 3.63) is 33.8 Å². The molecular weight excluding hydrogens is 348 g/mol. The van der Waals surface area contributed by atoms with Gasteiger partial charge >= 0.3 is 0 Å². The van der Waals surface area contributed by atoms with Gasteiger partial charge in [-0.2, -0.15) is 11.8 Å². The van der Waals surface area contributed by atoms with Crippen LogP contribution in [-0.4, -0.2) is 28.8 Å². The maximum Gasteiger partial charge on any atom is 0.0823 e. The molecule has 2 unspecified atom stereocenters. The molecule has 1 spiro atoms. The van der Waals surface area contributed by atoms with E-state index in [0.717, 1.165) is 42.3 Å². The van der Waals surface area contributed by atoms with Crippen LogP contribution in [0.25, 0.3) is 0 Å². The van der Waals surface area contributed by atoms with E-state index in [4.69, 9.17) is 4.74 Å². The Kier molecular flexibility index (Phi) is 4.99. The third-order valence-electron chi connectivity index (χ3n) is 4.94. The number of benzene rings is 1. The number of hydrogen-bond donors (Lipinski definition) is 1. The van der Waals surface area contributed by atoms with Crippen LogP contribution in [0.4, 0.5) is 0 Å². The number of ether oxygens (including phenoxy) is 1. The highest BCUT2D eigenvalue weighted by atomic mass is 79.9. The minimum atomic E-state index is -0.377. The minimum absolute atomic E-state index is 0.0368. The van der Waals surface area contributed by atoms with Crippen LogP contribution in [-0.2, 0) is 4.74 Å². The number of hydrogen-bond acceptors (Lipinski definition) is 3. The average Bonchev–Trinajstić information content (AvgIpc) is 2.50. The molecule has 2 aliphatic rings. The molecule has 0 radical (unpaired) electrons. The molecule has 2 nitrogen and oxygen atoms in total. The lowest BCUT2D eigenvalue weighted by atomic mass is 9.77. The van der Waals surface area contributed by atoms with Crippen molar-refractivity contribution in [2.24, 2.45) is 5.92 Å². The number of aliphatic hydroxyl groups is 1. The Morgan fingerprint density at radius 3 is 2.90 bits per heavy atom. The van der Waals surface area contributed by atoms with Crippen LogP contribution in [0.1, 0.15) is 42.9 Å². The van der Waals surface area contributed by atoms with Crippen molar-refractivity contribution in [2.75, 3.05) is 18.1 Å². The first kappa shape index (κ1) is 15.9. The maximum atomic E-state index is 10.9. The first-order chi connectivity index (χ1) is 10.1. The predicted octanol–water partition coefficient (Wildman–Crippen LogP) is 4.48. The molecule has 116 valence electrons. The Morgan fingerprint density at radius 1 is 1.38 bits per heavy atom. The smallest absolute Gasteiger partial charge is 0.0823 e. The Bertz CT molecular complexity index is 494. The fourth-order valence-corrected chi connectivity index (χ4v) is 5.23. The van der Waals surface area contributed by atoms with Crippen LogP contribution in [0.2, 0.25) is 0 Å². The van der Waals surface area contributed by atoms with Crippen molar-refractivity contribution >= 4 is 27.7 Å². The van der Waals surface area contributed by atoms with E-state index in [9.17, 15) is 5.11 Å². The minimum Gasteiger partial charge on any atom is -0.388 e. The van der Waals surface area contributed by atoms with Crippen LogP contribution in [0, 0.1) is 12.8 Å². The Balaban J connectivity index is 1.77. The number of rotatable bonds is 2. The van der Waals surface area contributed by atoms with E-state index in [1.807, 2.05) is 17.8 Å². The SMILES string of the molecule is Cc1ccc(Br)cc1C(O)C1CCOC2(CCSCC2)C1. The highest BCUT2D eigenvalue weighted by Crippen LogP contribution is 2.44. The molecule has 0 amide bonds. The van der Waals surface area contributed by atoms with Crippen LogP contribution in [0.5, 0.6) is 0 Å². The van der Waals surface area contributed by atoms with Gasteiger partial charge in [-0.25, -0.2) is 0 Å². The number of aliphatic hydroxyl groups excluding tert-OH is 1. The lowest BCUT2D eigenvalue weighted by Gasteiger charge is -2.44. The molecule has 0 aliphatic carbocycles. The van der Waals surface area contributed by atoms with Gasteiger partial charge in [-0.3, -0.25) is 0 Å². The molecule has 2 saturated heterocycles. The second-order valence-corrected chi connectivity index (χ2v) is 8.48. The summed E-state index contributed by atoms with van der Waals surface area (Å²) in [6.07, 6.45) is 3.86. The maximum absolute atomic E-state index is 10.9. The molecule has 2 atom stereocenters. The van der Waals surface area contributed by atoms with Crippen molar-refractivity contribution in [3.63, 3.8) is 0 Å². The molecule has 0 aromatic heterocycles. The van der Waals surface area contributed by atoms with E-state index in [-0.39, 0.29) is 11.7 Å². The first-order valence-corrected chi connectivity index (χ1v) is 9.70. The van der Waals surface area contributed by atoms with E-state index in [2.05, 4.69) is 35.0 Å². The van der Waals surface area contributed by atoms with Gasteiger partial charge in [0.1, 0.15) is 0 Å². The molecule has 4 heteroatoms. The summed E-state index contributed by atoms with van der Waals surface area (Å²) >= 11 is 5.54. The molecule has 2 fully saturated rings. The van der Waals surface area contributed by atoms with Gasteiger partial charge in [0.2, 0.25) is 0 Å². The second-order valence-electron chi connectivity index (χ2n) is 6.34. The topological polar surface area (TPSA) is 29.5 Å². The van der Waals surface area contributed by atoms with E-state index in [0.29, 0.717) is 5.92 Å². The van der Waals surface area contributed by atoms with Gasteiger partial charge < -0.3 is 9.84 Å². The van der Waals surface area contributed by atoms with Gasteiger partial charge in [0, 0.05) is 11.1 Å². The third kappa shape index (κ3) is 3.49. The summed E-state index contributed by atoms with van der Waals surface area (Å²) < 4.78 is 7.18. The summed E-state index contributed by atoms with van der Waals surface area (Å²) in [7, 11) is 0. The van der Waals surface area contributed by atoms with Gasteiger partial charge in [0.05, 0.1) is 11.7 Å². The molecule has 0 bridgehead atoms. The van der Waals surface area contributed by atoms with Crippen LogP contribution < -0.4 is 0 Å². The van der Waals surface area contributed by atoms with Crippen LogP contribution >= 0.6 is 27.7 Å². The van der Waals surface area contributed by atoms with Crippen molar-refractivity contribution in [3.8, 4) is 0 Å². The molecule has 3 rings (SSSR count). The van der Waals surface area contributed by atoms with Gasteiger partial charge in [0.15, 0.2) is 0 Å². The fraction of sp³-hybridized carbons (Fsp3) is 0.647. The number of halogens is 1. The summed E-state index contributed by atoms with van der Waals surface area (Å²) in [5, 5.41) is 10.9. The van der Waals surface area contributed by atoms with Crippen molar-refractivity contribution in [1.82, 2.24) is 0 Å². The Labute approximate surface area is 139 Å². The molecular formula is C17H23BrO2S. The summed E-state index contributed by atoms with van der Waals surface area (Å²) in [6, 6.07) is 6.18. The van der Waals surface area contributed by atoms with Crippen molar-refractivity contribution in [1.29, 1.82) is 0 Å². The monoisotopic (exact) mass is 370 g/mol. The lowest BCUT2D eigenvalue weighted by molar-refractivity contribution is -0.121. The van der Waals surface area contributed by atoms with Gasteiger partial charge in [-0.15, -0.1) is 0 Å². The number of aryl methyl sites for hydroxylation is 1. The molecule has 1 N–H and O–H groups in total. The first-order valence-electron chi connectivity index (χ1n) is 7.75. The Hall–Kier alpha value is -0.0300. The predicted molar refractivity (Wildman–Crippen MR) is 91.8 cm³/mol. The zero-order valence-corrected chi connectivity index (χ0v) is 14.9. The molecule has 1 aromatic carbocycles. The highest BCUT2D eigenvalue weighted by molar-refractivity contribution is 9.10.